The molecule has 2 rings (SSSR count). The average molecular weight is 347 g/mol. The van der Waals surface area contributed by atoms with Crippen molar-refractivity contribution in [1.82, 2.24) is 15.5 Å². The number of rotatable bonds is 7. The zero-order chi connectivity index (χ0) is 18.1. The van der Waals surface area contributed by atoms with Gasteiger partial charge < -0.3 is 15.4 Å². The van der Waals surface area contributed by atoms with E-state index in [4.69, 9.17) is 4.74 Å². The lowest BCUT2D eigenvalue weighted by atomic mass is 10.1. The van der Waals surface area contributed by atoms with E-state index in [1.165, 1.54) is 11.1 Å². The summed E-state index contributed by atoms with van der Waals surface area (Å²) in [5.41, 5.74) is 2.70. The molecule has 1 unspecified atom stereocenters. The summed E-state index contributed by atoms with van der Waals surface area (Å²) in [5.74, 6) is 1.52. The van der Waals surface area contributed by atoms with Crippen molar-refractivity contribution in [3.63, 3.8) is 0 Å². The van der Waals surface area contributed by atoms with Crippen LogP contribution < -0.4 is 10.6 Å². The van der Waals surface area contributed by atoms with Crippen molar-refractivity contribution in [2.24, 2.45) is 10.9 Å². The van der Waals surface area contributed by atoms with Crippen LogP contribution in [0.5, 0.6) is 0 Å². The van der Waals surface area contributed by atoms with Crippen LogP contribution in [0.2, 0.25) is 0 Å². The molecule has 0 aromatic heterocycles. The molecule has 2 N–H and O–H groups in total. The Morgan fingerprint density at radius 3 is 2.72 bits per heavy atom. The molecular weight excluding hydrogens is 312 g/mol. The highest BCUT2D eigenvalue weighted by atomic mass is 16.5. The normalized spacial score (nSPS) is 19.2. The van der Waals surface area contributed by atoms with Gasteiger partial charge in [-0.3, -0.25) is 9.89 Å². The van der Waals surface area contributed by atoms with Crippen LogP contribution in [0.15, 0.2) is 29.3 Å². The molecule has 0 radical (unpaired) electrons. The number of hydrogen-bond donors (Lipinski definition) is 2. The van der Waals surface area contributed by atoms with Crippen molar-refractivity contribution in [3.05, 3.63) is 35.4 Å². The van der Waals surface area contributed by atoms with Gasteiger partial charge in [-0.1, -0.05) is 45.0 Å². The smallest absolute Gasteiger partial charge is 0.191 e. The van der Waals surface area contributed by atoms with Crippen molar-refractivity contribution in [1.29, 1.82) is 0 Å². The Kier molecular flexibility index (Phi) is 8.22. The van der Waals surface area contributed by atoms with Gasteiger partial charge in [0.1, 0.15) is 0 Å². The summed E-state index contributed by atoms with van der Waals surface area (Å²) in [6.07, 6.45) is 1.26. The molecule has 0 saturated carbocycles. The van der Waals surface area contributed by atoms with Gasteiger partial charge in [0.15, 0.2) is 5.96 Å². The fourth-order valence-corrected chi connectivity index (χ4v) is 3.27. The SMILES string of the molecule is CCc1ccccc1CNC(=NC)NCC1CN(CC(C)C)CCO1. The second kappa shape index (κ2) is 10.4. The standard InChI is InChI=1S/C20H34N4O/c1-5-17-8-6-7-9-18(17)12-22-20(21-4)23-13-19-15-24(10-11-25-19)14-16(2)3/h6-9,16,19H,5,10-15H2,1-4H3,(H2,21,22,23). The Morgan fingerprint density at radius 1 is 1.28 bits per heavy atom. The predicted octanol–water partition coefficient (Wildman–Crippen LogP) is 2.27. The maximum atomic E-state index is 5.90. The molecule has 140 valence electrons. The van der Waals surface area contributed by atoms with Gasteiger partial charge >= 0.3 is 0 Å². The van der Waals surface area contributed by atoms with E-state index in [9.17, 15) is 0 Å². The maximum Gasteiger partial charge on any atom is 0.191 e. The summed E-state index contributed by atoms with van der Waals surface area (Å²) in [6.45, 7) is 12.3. The number of nitrogens with one attached hydrogen (secondary N) is 2. The van der Waals surface area contributed by atoms with Crippen LogP contribution in [0.4, 0.5) is 0 Å². The summed E-state index contributed by atoms with van der Waals surface area (Å²) in [6, 6.07) is 8.55. The molecule has 25 heavy (non-hydrogen) atoms. The minimum atomic E-state index is 0.217. The lowest BCUT2D eigenvalue weighted by Crippen LogP contribution is -2.50. The Hall–Kier alpha value is -1.59. The van der Waals surface area contributed by atoms with Gasteiger partial charge in [0, 0.05) is 39.8 Å². The van der Waals surface area contributed by atoms with Crippen molar-refractivity contribution in [2.45, 2.75) is 39.8 Å². The molecule has 1 aromatic carbocycles. The first-order valence-electron chi connectivity index (χ1n) is 9.47. The number of hydrogen-bond acceptors (Lipinski definition) is 3. The number of benzene rings is 1. The minimum absolute atomic E-state index is 0.217. The summed E-state index contributed by atoms with van der Waals surface area (Å²) in [5, 5.41) is 6.82. The Bertz CT molecular complexity index is 544. The fourth-order valence-electron chi connectivity index (χ4n) is 3.27. The van der Waals surface area contributed by atoms with E-state index in [1.54, 1.807) is 0 Å². The minimum Gasteiger partial charge on any atom is -0.374 e. The van der Waals surface area contributed by atoms with Gasteiger partial charge in [-0.25, -0.2) is 0 Å². The van der Waals surface area contributed by atoms with Crippen LogP contribution in [0.1, 0.15) is 31.9 Å². The summed E-state index contributed by atoms with van der Waals surface area (Å²) in [7, 11) is 1.81. The van der Waals surface area contributed by atoms with E-state index < -0.39 is 0 Å². The van der Waals surface area contributed by atoms with E-state index in [0.717, 1.165) is 51.7 Å². The molecule has 0 bridgehead atoms. The molecule has 1 aliphatic heterocycles. The molecule has 1 heterocycles. The molecule has 0 spiro atoms. The van der Waals surface area contributed by atoms with Gasteiger partial charge in [-0.2, -0.15) is 0 Å². The summed E-state index contributed by atoms with van der Waals surface area (Å²) < 4.78 is 5.90. The van der Waals surface area contributed by atoms with E-state index in [0.29, 0.717) is 5.92 Å². The molecule has 5 nitrogen and oxygen atoms in total. The predicted molar refractivity (Wildman–Crippen MR) is 105 cm³/mol. The number of aryl methyl sites for hydroxylation is 1. The van der Waals surface area contributed by atoms with Gasteiger partial charge in [-0.15, -0.1) is 0 Å². The molecule has 0 aliphatic carbocycles. The van der Waals surface area contributed by atoms with Gasteiger partial charge in [0.2, 0.25) is 0 Å². The summed E-state index contributed by atoms with van der Waals surface area (Å²) in [4.78, 5) is 6.83. The number of morpholine rings is 1. The van der Waals surface area contributed by atoms with Crippen LogP contribution >= 0.6 is 0 Å². The third-order valence-electron chi connectivity index (χ3n) is 4.51. The van der Waals surface area contributed by atoms with Crippen molar-refractivity contribution >= 4 is 5.96 Å². The van der Waals surface area contributed by atoms with Gasteiger partial charge in [0.25, 0.3) is 0 Å². The third-order valence-corrected chi connectivity index (χ3v) is 4.51. The molecule has 0 amide bonds. The second-order valence-electron chi connectivity index (χ2n) is 7.08. The van der Waals surface area contributed by atoms with E-state index >= 15 is 0 Å². The van der Waals surface area contributed by atoms with Crippen LogP contribution in [0.3, 0.4) is 0 Å². The highest BCUT2D eigenvalue weighted by Crippen LogP contribution is 2.09. The van der Waals surface area contributed by atoms with Crippen LogP contribution in [-0.4, -0.2) is 56.8 Å². The van der Waals surface area contributed by atoms with Crippen LogP contribution in [0.25, 0.3) is 0 Å². The number of aliphatic imine (C=N–C) groups is 1. The highest BCUT2D eigenvalue weighted by molar-refractivity contribution is 5.79. The monoisotopic (exact) mass is 346 g/mol. The maximum absolute atomic E-state index is 5.90. The lowest BCUT2D eigenvalue weighted by molar-refractivity contribution is -0.0284. The average Bonchev–Trinajstić information content (AvgIpc) is 2.62. The first-order chi connectivity index (χ1) is 12.1. The lowest BCUT2D eigenvalue weighted by Gasteiger charge is -2.34. The largest absolute Gasteiger partial charge is 0.374 e. The Balaban J connectivity index is 1.78. The fraction of sp³-hybridized carbons (Fsp3) is 0.650. The molecule has 1 aliphatic rings. The summed E-state index contributed by atoms with van der Waals surface area (Å²) >= 11 is 0. The number of guanidine groups is 1. The van der Waals surface area contributed by atoms with Crippen molar-refractivity contribution in [3.8, 4) is 0 Å². The van der Waals surface area contributed by atoms with E-state index in [1.807, 2.05) is 7.05 Å². The molecule has 1 saturated heterocycles. The van der Waals surface area contributed by atoms with Crippen LogP contribution in [0, 0.1) is 5.92 Å². The quantitative estimate of drug-likeness (QED) is 0.587. The molecule has 1 aromatic rings. The van der Waals surface area contributed by atoms with Crippen molar-refractivity contribution < 1.29 is 4.74 Å². The third kappa shape index (κ3) is 6.67. The van der Waals surface area contributed by atoms with E-state index in [2.05, 4.69) is 65.6 Å². The molecule has 1 fully saturated rings. The second-order valence-corrected chi connectivity index (χ2v) is 7.08. The number of ether oxygens (including phenoxy) is 1. The molecule has 1 atom stereocenters. The van der Waals surface area contributed by atoms with Gasteiger partial charge in [-0.05, 0) is 23.5 Å². The molecule has 5 heteroatoms. The first kappa shape index (κ1) is 19.7. The van der Waals surface area contributed by atoms with Crippen molar-refractivity contribution in [2.75, 3.05) is 39.8 Å². The van der Waals surface area contributed by atoms with Gasteiger partial charge in [0.05, 0.1) is 12.7 Å². The molecular formula is C20H34N4O. The Labute approximate surface area is 152 Å². The van der Waals surface area contributed by atoms with Crippen LogP contribution in [-0.2, 0) is 17.7 Å². The zero-order valence-electron chi connectivity index (χ0n) is 16.2. The Morgan fingerprint density at radius 2 is 2.04 bits per heavy atom. The first-order valence-corrected chi connectivity index (χ1v) is 9.47. The zero-order valence-corrected chi connectivity index (χ0v) is 16.2. The number of nitrogens with zero attached hydrogens (tertiary/aromatic N) is 2. The topological polar surface area (TPSA) is 48.9 Å². The highest BCUT2D eigenvalue weighted by Gasteiger charge is 2.21. The van der Waals surface area contributed by atoms with E-state index in [-0.39, 0.29) is 6.10 Å².